The van der Waals surface area contributed by atoms with Crippen LogP contribution in [0.4, 0.5) is 13.2 Å². The summed E-state index contributed by atoms with van der Waals surface area (Å²) in [7, 11) is 1.81. The third-order valence-corrected chi connectivity index (χ3v) is 3.03. The first-order valence-corrected chi connectivity index (χ1v) is 5.57. The van der Waals surface area contributed by atoms with Crippen LogP contribution in [0.1, 0.15) is 25.1 Å². The van der Waals surface area contributed by atoms with Gasteiger partial charge in [0.25, 0.3) is 0 Å². The zero-order chi connectivity index (χ0) is 13.7. The number of nitrogens with zero attached hydrogens (tertiary/aromatic N) is 1. The fraction of sp³-hybridized carbons (Fsp3) is 0.385. The van der Waals surface area contributed by atoms with E-state index in [9.17, 15) is 13.2 Å². The van der Waals surface area contributed by atoms with Gasteiger partial charge in [-0.25, -0.2) is 0 Å². The molecule has 0 radical (unpaired) electrons. The van der Waals surface area contributed by atoms with Crippen LogP contribution in [0, 0.1) is 0 Å². The second-order valence-corrected chi connectivity index (χ2v) is 5.08. The van der Waals surface area contributed by atoms with Gasteiger partial charge in [0.15, 0.2) is 0 Å². The molecule has 0 aliphatic carbocycles. The summed E-state index contributed by atoms with van der Waals surface area (Å²) in [5.41, 5.74) is 6.32. The molecule has 0 saturated carbocycles. The van der Waals surface area contributed by atoms with E-state index in [4.69, 9.17) is 5.73 Å². The molecule has 1 aromatic heterocycles. The van der Waals surface area contributed by atoms with Crippen LogP contribution in [0.3, 0.4) is 0 Å². The molecule has 2 aromatic rings. The number of benzene rings is 1. The number of aromatic nitrogens is 1. The van der Waals surface area contributed by atoms with E-state index in [2.05, 4.69) is 0 Å². The average molecular weight is 256 g/mol. The fourth-order valence-electron chi connectivity index (χ4n) is 2.14. The largest absolute Gasteiger partial charge is 0.416 e. The van der Waals surface area contributed by atoms with Crippen molar-refractivity contribution in [2.24, 2.45) is 12.8 Å². The minimum Gasteiger partial charge on any atom is -0.346 e. The Bertz CT molecular complexity index is 589. The number of halogens is 3. The van der Waals surface area contributed by atoms with Crippen LogP contribution in [0.15, 0.2) is 24.3 Å². The van der Waals surface area contributed by atoms with Gasteiger partial charge in [0, 0.05) is 23.6 Å². The minimum absolute atomic E-state index is 0.556. The van der Waals surface area contributed by atoms with Crippen LogP contribution in [0.5, 0.6) is 0 Å². The van der Waals surface area contributed by atoms with Crippen molar-refractivity contribution in [3.05, 3.63) is 35.5 Å². The molecule has 0 atom stereocenters. The molecule has 0 amide bonds. The Hall–Kier alpha value is -1.49. The van der Waals surface area contributed by atoms with E-state index in [1.54, 1.807) is 13.1 Å². The molecule has 1 heterocycles. The first kappa shape index (κ1) is 13.0. The van der Waals surface area contributed by atoms with Gasteiger partial charge in [0.2, 0.25) is 0 Å². The number of nitrogens with two attached hydrogens (primary N) is 1. The van der Waals surface area contributed by atoms with Crippen molar-refractivity contribution in [1.29, 1.82) is 0 Å². The van der Waals surface area contributed by atoms with E-state index in [0.717, 1.165) is 23.3 Å². The Morgan fingerprint density at radius 1 is 1.11 bits per heavy atom. The lowest BCUT2D eigenvalue weighted by molar-refractivity contribution is -0.137. The van der Waals surface area contributed by atoms with Crippen molar-refractivity contribution in [2.75, 3.05) is 0 Å². The van der Waals surface area contributed by atoms with Crippen molar-refractivity contribution in [3.8, 4) is 0 Å². The van der Waals surface area contributed by atoms with Crippen LogP contribution in [0.2, 0.25) is 0 Å². The van der Waals surface area contributed by atoms with Gasteiger partial charge in [0.1, 0.15) is 0 Å². The summed E-state index contributed by atoms with van der Waals surface area (Å²) in [6, 6.07) is 5.44. The van der Waals surface area contributed by atoms with E-state index < -0.39 is 17.3 Å². The van der Waals surface area contributed by atoms with Crippen LogP contribution >= 0.6 is 0 Å². The van der Waals surface area contributed by atoms with Gasteiger partial charge < -0.3 is 10.3 Å². The highest BCUT2D eigenvalue weighted by Crippen LogP contribution is 2.33. The summed E-state index contributed by atoms with van der Waals surface area (Å²) < 4.78 is 39.7. The molecule has 0 fully saturated rings. The van der Waals surface area contributed by atoms with E-state index in [1.165, 1.54) is 6.07 Å². The summed E-state index contributed by atoms with van der Waals surface area (Å²) in [5, 5.41) is 0.556. The molecule has 5 heteroatoms. The maximum absolute atomic E-state index is 12.6. The lowest BCUT2D eigenvalue weighted by Gasteiger charge is -2.19. The van der Waals surface area contributed by atoms with Gasteiger partial charge in [-0.3, -0.25) is 0 Å². The van der Waals surface area contributed by atoms with Crippen molar-refractivity contribution in [2.45, 2.75) is 25.6 Å². The molecule has 0 bridgehead atoms. The van der Waals surface area contributed by atoms with Crippen molar-refractivity contribution in [3.63, 3.8) is 0 Å². The Balaban J connectivity index is 2.67. The maximum atomic E-state index is 12.6. The monoisotopic (exact) mass is 256 g/mol. The second-order valence-electron chi connectivity index (χ2n) is 5.08. The third-order valence-electron chi connectivity index (χ3n) is 3.03. The minimum atomic E-state index is -4.32. The molecular formula is C13H15F3N2. The normalized spacial score (nSPS) is 13.3. The summed E-state index contributed by atoms with van der Waals surface area (Å²) in [6.45, 7) is 3.65. The molecule has 1 aromatic carbocycles. The number of hydrogen-bond acceptors (Lipinski definition) is 1. The molecule has 2 rings (SSSR count). The second kappa shape index (κ2) is 3.75. The van der Waals surface area contributed by atoms with Crippen LogP contribution < -0.4 is 5.73 Å². The average Bonchev–Trinajstić information content (AvgIpc) is 2.54. The molecule has 0 saturated heterocycles. The zero-order valence-corrected chi connectivity index (χ0v) is 10.5. The molecule has 2 N–H and O–H groups in total. The van der Waals surface area contributed by atoms with Crippen LogP contribution in [-0.4, -0.2) is 4.57 Å². The summed E-state index contributed by atoms with van der Waals surface area (Å²) >= 11 is 0. The number of fused-ring (bicyclic) bond motifs is 1. The van der Waals surface area contributed by atoms with E-state index in [-0.39, 0.29) is 0 Å². The molecule has 18 heavy (non-hydrogen) atoms. The highest BCUT2D eigenvalue weighted by Gasteiger charge is 2.31. The molecule has 0 spiro atoms. The quantitative estimate of drug-likeness (QED) is 0.833. The van der Waals surface area contributed by atoms with Gasteiger partial charge in [-0.15, -0.1) is 0 Å². The highest BCUT2D eigenvalue weighted by molar-refractivity contribution is 5.82. The molecular weight excluding hydrogens is 241 g/mol. The number of rotatable bonds is 1. The number of alkyl halides is 3. The lowest BCUT2D eigenvalue weighted by Crippen LogP contribution is -2.30. The van der Waals surface area contributed by atoms with E-state index in [0.29, 0.717) is 5.39 Å². The predicted molar refractivity (Wildman–Crippen MR) is 65.1 cm³/mol. The maximum Gasteiger partial charge on any atom is 0.416 e. The topological polar surface area (TPSA) is 30.9 Å². The standard InChI is InChI=1S/C13H15F3N2/c1-12(2,17)11-7-8-6-9(13(14,15)16)4-5-10(8)18(11)3/h4-7H,17H2,1-3H3. The number of hydrogen-bond donors (Lipinski definition) is 1. The Morgan fingerprint density at radius 3 is 2.22 bits per heavy atom. The molecule has 0 aliphatic heterocycles. The molecule has 2 nitrogen and oxygen atoms in total. The van der Waals surface area contributed by atoms with Crippen molar-refractivity contribution >= 4 is 10.9 Å². The zero-order valence-electron chi connectivity index (χ0n) is 10.5. The Kier molecular flexibility index (Phi) is 2.70. The van der Waals surface area contributed by atoms with Gasteiger partial charge >= 0.3 is 6.18 Å². The Morgan fingerprint density at radius 2 is 1.72 bits per heavy atom. The van der Waals surface area contributed by atoms with Crippen molar-refractivity contribution < 1.29 is 13.2 Å². The fourth-order valence-corrected chi connectivity index (χ4v) is 2.14. The van der Waals surface area contributed by atoms with Gasteiger partial charge in [-0.05, 0) is 38.1 Å². The molecule has 98 valence electrons. The summed E-state index contributed by atoms with van der Waals surface area (Å²) in [6.07, 6.45) is -4.32. The highest BCUT2D eigenvalue weighted by atomic mass is 19.4. The summed E-state index contributed by atoms with van der Waals surface area (Å²) in [5.74, 6) is 0. The molecule has 0 aliphatic rings. The molecule has 0 unspecified atom stereocenters. The first-order valence-electron chi connectivity index (χ1n) is 5.57. The summed E-state index contributed by atoms with van der Waals surface area (Å²) in [4.78, 5) is 0. The van der Waals surface area contributed by atoms with Gasteiger partial charge in [-0.1, -0.05) is 0 Å². The van der Waals surface area contributed by atoms with Crippen LogP contribution in [0.25, 0.3) is 10.9 Å². The van der Waals surface area contributed by atoms with E-state index in [1.807, 2.05) is 18.4 Å². The third kappa shape index (κ3) is 2.10. The number of aryl methyl sites for hydroxylation is 1. The van der Waals surface area contributed by atoms with Gasteiger partial charge in [-0.2, -0.15) is 13.2 Å². The Labute approximate surface area is 103 Å². The predicted octanol–water partition coefficient (Wildman–Crippen LogP) is 3.39. The van der Waals surface area contributed by atoms with E-state index >= 15 is 0 Å². The van der Waals surface area contributed by atoms with Crippen molar-refractivity contribution in [1.82, 2.24) is 4.57 Å². The smallest absolute Gasteiger partial charge is 0.346 e. The van der Waals surface area contributed by atoms with Crippen LogP contribution in [-0.2, 0) is 18.8 Å². The first-order chi connectivity index (χ1) is 8.10. The SMILES string of the molecule is Cn1c(C(C)(C)N)cc2cc(C(F)(F)F)ccc21. The lowest BCUT2D eigenvalue weighted by atomic mass is 10.0. The van der Waals surface area contributed by atoms with Gasteiger partial charge in [0.05, 0.1) is 11.1 Å².